The molecular formula is C21H24N6O4S. The molecule has 2 aromatic carbocycles. The van der Waals surface area contributed by atoms with Crippen molar-refractivity contribution >= 4 is 21.7 Å². The van der Waals surface area contributed by atoms with E-state index < -0.39 is 16.0 Å². The number of anilines is 1. The lowest BCUT2D eigenvalue weighted by Crippen LogP contribution is -2.31. The summed E-state index contributed by atoms with van der Waals surface area (Å²) >= 11 is 0. The van der Waals surface area contributed by atoms with Crippen LogP contribution in [0.3, 0.4) is 0 Å². The van der Waals surface area contributed by atoms with Crippen molar-refractivity contribution in [2.45, 2.75) is 24.2 Å². The van der Waals surface area contributed by atoms with Crippen molar-refractivity contribution < 1.29 is 17.9 Å². The molecule has 1 aliphatic heterocycles. The summed E-state index contributed by atoms with van der Waals surface area (Å²) in [6.45, 7) is 1.61. The van der Waals surface area contributed by atoms with Crippen molar-refractivity contribution in [3.05, 3.63) is 54.4 Å². The zero-order valence-electron chi connectivity index (χ0n) is 17.9. The number of tetrazole rings is 1. The van der Waals surface area contributed by atoms with Gasteiger partial charge in [0.15, 0.2) is 0 Å². The molecule has 0 bridgehead atoms. The Balaban J connectivity index is 1.65. The molecule has 0 amide bonds. The largest absolute Gasteiger partial charge is 0.423 e. The minimum atomic E-state index is -3.70. The summed E-state index contributed by atoms with van der Waals surface area (Å²) in [6, 6.07) is 11.3. The number of esters is 1. The third-order valence-electron chi connectivity index (χ3n) is 5.32. The lowest BCUT2D eigenvalue weighted by atomic mass is 10.1. The summed E-state index contributed by atoms with van der Waals surface area (Å²) in [7, 11) is -0.786. The highest BCUT2D eigenvalue weighted by molar-refractivity contribution is 7.89. The average Bonchev–Trinajstić information content (AvgIpc) is 3.34. The van der Waals surface area contributed by atoms with E-state index in [0.717, 1.165) is 36.7 Å². The Hall–Kier alpha value is -3.31. The molecule has 0 spiro atoms. The van der Waals surface area contributed by atoms with Crippen LogP contribution in [-0.2, 0) is 10.0 Å². The predicted molar refractivity (Wildman–Crippen MR) is 117 cm³/mol. The van der Waals surface area contributed by atoms with Crippen LogP contribution < -0.4 is 9.64 Å². The fraction of sp³-hybridized carbons (Fsp3) is 0.333. The molecule has 2 heterocycles. The Labute approximate surface area is 186 Å². The summed E-state index contributed by atoms with van der Waals surface area (Å²) in [5, 5.41) is 11.0. The molecule has 0 radical (unpaired) electrons. The molecule has 11 heteroatoms. The highest BCUT2D eigenvalue weighted by Crippen LogP contribution is 2.29. The van der Waals surface area contributed by atoms with E-state index >= 15 is 0 Å². The summed E-state index contributed by atoms with van der Waals surface area (Å²) in [5.74, 6) is -0.283. The topological polar surface area (TPSA) is 111 Å². The number of hydrogen-bond donors (Lipinski definition) is 0. The number of rotatable bonds is 6. The smallest absolute Gasteiger partial charge is 0.345 e. The Bertz CT molecular complexity index is 1190. The molecule has 0 unspecified atom stereocenters. The molecule has 3 aromatic rings. The van der Waals surface area contributed by atoms with Crippen LogP contribution in [0.5, 0.6) is 5.75 Å². The second-order valence-electron chi connectivity index (χ2n) is 7.65. The van der Waals surface area contributed by atoms with Gasteiger partial charge in [0.2, 0.25) is 10.0 Å². The van der Waals surface area contributed by atoms with Crippen LogP contribution >= 0.6 is 0 Å². The summed E-state index contributed by atoms with van der Waals surface area (Å²) in [5.41, 5.74) is 1.61. The number of piperidine rings is 1. The second kappa shape index (κ2) is 9.05. The van der Waals surface area contributed by atoms with E-state index in [4.69, 9.17) is 4.74 Å². The SMILES string of the molecule is CN(C)S(=O)(=O)c1ccc(N2CCCCC2)c(C(=O)Oc2ccc(-n3cnnn3)cc2)c1. The fourth-order valence-electron chi connectivity index (χ4n) is 3.57. The first-order valence-corrected chi connectivity index (χ1v) is 11.7. The first kappa shape index (κ1) is 21.9. The third kappa shape index (κ3) is 4.48. The molecule has 0 aliphatic carbocycles. The van der Waals surface area contributed by atoms with E-state index in [0.29, 0.717) is 17.1 Å². The summed E-state index contributed by atoms with van der Waals surface area (Å²) < 4.78 is 33.5. The quantitative estimate of drug-likeness (QED) is 0.410. The van der Waals surface area contributed by atoms with E-state index in [1.54, 1.807) is 30.3 Å². The van der Waals surface area contributed by atoms with Gasteiger partial charge in [0.25, 0.3) is 0 Å². The van der Waals surface area contributed by atoms with Gasteiger partial charge in [0.05, 0.1) is 21.8 Å². The van der Waals surface area contributed by atoms with Crippen LogP contribution in [0.15, 0.2) is 53.7 Å². The molecule has 1 saturated heterocycles. The van der Waals surface area contributed by atoms with Gasteiger partial charge >= 0.3 is 5.97 Å². The number of ether oxygens (including phenoxy) is 1. The number of sulfonamides is 1. The van der Waals surface area contributed by atoms with Gasteiger partial charge in [-0.25, -0.2) is 22.2 Å². The van der Waals surface area contributed by atoms with Crippen LogP contribution in [0.1, 0.15) is 29.6 Å². The summed E-state index contributed by atoms with van der Waals surface area (Å²) in [4.78, 5) is 15.3. The molecule has 4 rings (SSSR count). The number of benzene rings is 2. The first-order valence-electron chi connectivity index (χ1n) is 10.2. The molecule has 1 aliphatic rings. The van der Waals surface area contributed by atoms with E-state index in [-0.39, 0.29) is 10.5 Å². The standard InChI is InChI=1S/C21H24N6O4S/c1-25(2)32(29,30)18-10-11-20(26-12-4-3-5-13-26)19(14-18)21(28)31-17-8-6-16(7-9-17)27-15-22-23-24-27/h6-11,14-15H,3-5,12-13H2,1-2H3. The molecule has 0 N–H and O–H groups in total. The maximum atomic E-state index is 13.1. The maximum absolute atomic E-state index is 13.1. The van der Waals surface area contributed by atoms with Crippen molar-refractivity contribution in [2.75, 3.05) is 32.1 Å². The predicted octanol–water partition coefficient (Wildman–Crippen LogP) is 2.12. The van der Waals surface area contributed by atoms with Crippen molar-refractivity contribution in [1.82, 2.24) is 24.5 Å². The van der Waals surface area contributed by atoms with Gasteiger partial charge in [0.1, 0.15) is 12.1 Å². The molecule has 0 saturated carbocycles. The van der Waals surface area contributed by atoms with Crippen molar-refractivity contribution in [2.24, 2.45) is 0 Å². The van der Waals surface area contributed by atoms with Crippen LogP contribution in [0.2, 0.25) is 0 Å². The van der Waals surface area contributed by atoms with Crippen LogP contribution in [0.4, 0.5) is 5.69 Å². The minimum absolute atomic E-state index is 0.0456. The van der Waals surface area contributed by atoms with E-state index in [1.807, 2.05) is 0 Å². The molecule has 10 nitrogen and oxygen atoms in total. The number of aromatic nitrogens is 4. The molecule has 1 aromatic heterocycles. The van der Waals surface area contributed by atoms with E-state index in [2.05, 4.69) is 20.4 Å². The van der Waals surface area contributed by atoms with Gasteiger partial charge in [-0.3, -0.25) is 0 Å². The van der Waals surface area contributed by atoms with Crippen molar-refractivity contribution in [1.29, 1.82) is 0 Å². The zero-order chi connectivity index (χ0) is 22.7. The van der Waals surface area contributed by atoms with Gasteiger partial charge in [-0.2, -0.15) is 0 Å². The first-order chi connectivity index (χ1) is 15.4. The Kier molecular flexibility index (Phi) is 6.19. The average molecular weight is 457 g/mol. The van der Waals surface area contributed by atoms with E-state index in [9.17, 15) is 13.2 Å². The number of nitrogens with zero attached hydrogens (tertiary/aromatic N) is 6. The molecule has 1 fully saturated rings. The number of carbonyl (C=O) groups excluding carboxylic acids is 1. The Morgan fingerprint density at radius 2 is 1.75 bits per heavy atom. The number of carbonyl (C=O) groups is 1. The fourth-order valence-corrected chi connectivity index (χ4v) is 4.50. The van der Waals surface area contributed by atoms with Crippen molar-refractivity contribution in [3.63, 3.8) is 0 Å². The molecule has 32 heavy (non-hydrogen) atoms. The maximum Gasteiger partial charge on any atom is 0.345 e. The molecule has 0 atom stereocenters. The van der Waals surface area contributed by atoms with Gasteiger partial charge in [-0.1, -0.05) is 0 Å². The van der Waals surface area contributed by atoms with Crippen LogP contribution in [0, 0.1) is 0 Å². The minimum Gasteiger partial charge on any atom is -0.423 e. The highest BCUT2D eigenvalue weighted by atomic mass is 32.2. The van der Waals surface area contributed by atoms with Gasteiger partial charge in [-0.15, -0.1) is 5.10 Å². The van der Waals surface area contributed by atoms with E-state index in [1.165, 1.54) is 37.2 Å². The lowest BCUT2D eigenvalue weighted by molar-refractivity contribution is 0.0735. The zero-order valence-corrected chi connectivity index (χ0v) is 18.7. The molecular weight excluding hydrogens is 432 g/mol. The number of hydrogen-bond acceptors (Lipinski definition) is 8. The highest BCUT2D eigenvalue weighted by Gasteiger charge is 2.25. The Morgan fingerprint density at radius 3 is 2.38 bits per heavy atom. The lowest BCUT2D eigenvalue weighted by Gasteiger charge is -2.30. The Morgan fingerprint density at radius 1 is 1.03 bits per heavy atom. The normalized spacial score (nSPS) is 14.5. The van der Waals surface area contributed by atoms with Crippen LogP contribution in [0.25, 0.3) is 5.69 Å². The summed E-state index contributed by atoms with van der Waals surface area (Å²) in [6.07, 6.45) is 4.63. The molecule has 168 valence electrons. The van der Waals surface area contributed by atoms with Crippen LogP contribution in [-0.4, -0.2) is 66.1 Å². The van der Waals surface area contributed by atoms with Gasteiger partial charge < -0.3 is 9.64 Å². The van der Waals surface area contributed by atoms with Crippen molar-refractivity contribution in [3.8, 4) is 11.4 Å². The monoisotopic (exact) mass is 456 g/mol. The van der Waals surface area contributed by atoms with Gasteiger partial charge in [-0.05, 0) is 72.2 Å². The second-order valence-corrected chi connectivity index (χ2v) is 9.80. The van der Waals surface area contributed by atoms with Gasteiger partial charge in [0, 0.05) is 27.2 Å². The third-order valence-corrected chi connectivity index (χ3v) is 7.14.